The van der Waals surface area contributed by atoms with Gasteiger partial charge in [-0.05, 0) is 35.0 Å². The summed E-state index contributed by atoms with van der Waals surface area (Å²) < 4.78 is 5.90. The Bertz CT molecular complexity index is 456. The van der Waals surface area contributed by atoms with Gasteiger partial charge in [-0.15, -0.1) is 5.10 Å². The Hall–Kier alpha value is -1.76. The van der Waals surface area contributed by atoms with Gasteiger partial charge in [0.15, 0.2) is 11.5 Å². The number of hydrogen-bond donors (Lipinski definition) is 3. The van der Waals surface area contributed by atoms with E-state index in [1.54, 1.807) is 6.07 Å². The van der Waals surface area contributed by atoms with Crippen molar-refractivity contribution >= 4 is 28.1 Å². The molecule has 7 heteroatoms. The van der Waals surface area contributed by atoms with E-state index in [1.165, 1.54) is 12.3 Å². The molecule has 1 aromatic carbocycles. The Morgan fingerprint density at radius 2 is 2.24 bits per heavy atom. The van der Waals surface area contributed by atoms with Crippen LogP contribution in [0.15, 0.2) is 26.8 Å². The molecule has 0 heterocycles. The van der Waals surface area contributed by atoms with Crippen LogP contribution in [0, 0.1) is 0 Å². The van der Waals surface area contributed by atoms with Crippen molar-refractivity contribution in [3.8, 4) is 11.5 Å². The van der Waals surface area contributed by atoms with E-state index in [-0.39, 0.29) is 11.7 Å². The highest BCUT2D eigenvalue weighted by Gasteiger charge is 2.06. The van der Waals surface area contributed by atoms with Crippen molar-refractivity contribution in [3.05, 3.63) is 22.2 Å². The number of aromatic hydroxyl groups is 1. The topological polar surface area (TPSA) is 106 Å². The fourth-order valence-corrected chi connectivity index (χ4v) is 1.52. The molecule has 0 aromatic heterocycles. The second-order valence-corrected chi connectivity index (χ2v) is 3.90. The second kappa shape index (κ2) is 6.09. The number of hydrogen-bond acceptors (Lipinski definition) is 4. The Labute approximate surface area is 107 Å². The molecule has 1 aromatic rings. The number of halogens is 1. The maximum atomic E-state index is 9.59. The maximum Gasteiger partial charge on any atom is 0.211 e. The van der Waals surface area contributed by atoms with Crippen LogP contribution in [0.4, 0.5) is 0 Å². The van der Waals surface area contributed by atoms with Gasteiger partial charge in [-0.2, -0.15) is 5.10 Å². The van der Waals surface area contributed by atoms with Crippen molar-refractivity contribution in [1.29, 1.82) is 0 Å². The first-order valence-electron chi connectivity index (χ1n) is 4.82. The summed E-state index contributed by atoms with van der Waals surface area (Å²) in [5.74, 6) is 0.306. The molecule has 6 nitrogen and oxygen atoms in total. The maximum absolute atomic E-state index is 9.59. The van der Waals surface area contributed by atoms with Gasteiger partial charge in [-0.1, -0.05) is 0 Å². The predicted octanol–water partition coefficient (Wildman–Crippen LogP) is 1.16. The monoisotopic (exact) mass is 300 g/mol. The van der Waals surface area contributed by atoms with Crippen LogP contribution < -0.4 is 16.2 Å². The van der Waals surface area contributed by atoms with E-state index < -0.39 is 0 Å². The molecule has 5 N–H and O–H groups in total. The summed E-state index contributed by atoms with van der Waals surface area (Å²) in [6.45, 7) is 2.29. The predicted molar refractivity (Wildman–Crippen MR) is 70.4 cm³/mol. The molecule has 92 valence electrons. The van der Waals surface area contributed by atoms with Crippen molar-refractivity contribution < 1.29 is 9.84 Å². The minimum atomic E-state index is -0.124. The van der Waals surface area contributed by atoms with Crippen molar-refractivity contribution in [2.45, 2.75) is 6.92 Å². The molecule has 0 radical (unpaired) electrons. The van der Waals surface area contributed by atoms with Crippen LogP contribution in [0.25, 0.3) is 0 Å². The number of phenols is 1. The van der Waals surface area contributed by atoms with Gasteiger partial charge >= 0.3 is 0 Å². The summed E-state index contributed by atoms with van der Waals surface area (Å²) in [5, 5.41) is 16.7. The minimum Gasteiger partial charge on any atom is -0.504 e. The zero-order valence-electron chi connectivity index (χ0n) is 9.22. The molecule has 0 amide bonds. The van der Waals surface area contributed by atoms with Crippen molar-refractivity contribution in [1.82, 2.24) is 0 Å². The van der Waals surface area contributed by atoms with Gasteiger partial charge in [0.2, 0.25) is 5.96 Å². The minimum absolute atomic E-state index is 0.0534. The van der Waals surface area contributed by atoms with Crippen LogP contribution in [-0.4, -0.2) is 23.9 Å². The first-order chi connectivity index (χ1) is 8.04. The van der Waals surface area contributed by atoms with E-state index in [4.69, 9.17) is 16.2 Å². The van der Waals surface area contributed by atoms with Crippen molar-refractivity contribution in [2.24, 2.45) is 21.7 Å². The highest BCUT2D eigenvalue weighted by Crippen LogP contribution is 2.31. The van der Waals surface area contributed by atoms with Gasteiger partial charge < -0.3 is 21.3 Å². The summed E-state index contributed by atoms with van der Waals surface area (Å²) in [7, 11) is 0. The van der Waals surface area contributed by atoms with Crippen molar-refractivity contribution in [3.63, 3.8) is 0 Å². The van der Waals surface area contributed by atoms with E-state index in [1.807, 2.05) is 6.92 Å². The summed E-state index contributed by atoms with van der Waals surface area (Å²) in [6, 6.07) is 3.15. The second-order valence-electron chi connectivity index (χ2n) is 3.04. The number of ether oxygens (including phenoxy) is 1. The number of guanidine groups is 1. The summed E-state index contributed by atoms with van der Waals surface area (Å²) in [6.07, 6.45) is 1.45. The number of benzene rings is 1. The summed E-state index contributed by atoms with van der Waals surface area (Å²) in [4.78, 5) is 0. The lowest BCUT2D eigenvalue weighted by Crippen LogP contribution is -2.21. The zero-order valence-corrected chi connectivity index (χ0v) is 10.8. The van der Waals surface area contributed by atoms with Crippen LogP contribution in [0.5, 0.6) is 11.5 Å². The van der Waals surface area contributed by atoms with Gasteiger partial charge in [0.1, 0.15) is 0 Å². The fraction of sp³-hybridized carbons (Fsp3) is 0.200. The molecular weight excluding hydrogens is 288 g/mol. The largest absolute Gasteiger partial charge is 0.504 e. The quantitative estimate of drug-likeness (QED) is 0.441. The number of nitrogens with zero attached hydrogens (tertiary/aromatic N) is 2. The lowest BCUT2D eigenvalue weighted by atomic mass is 10.2. The molecule has 0 saturated heterocycles. The fourth-order valence-electron chi connectivity index (χ4n) is 1.09. The smallest absolute Gasteiger partial charge is 0.211 e. The van der Waals surface area contributed by atoms with Crippen LogP contribution in [0.1, 0.15) is 12.5 Å². The Balaban J connectivity index is 3.03. The van der Waals surface area contributed by atoms with Gasteiger partial charge in [-0.3, -0.25) is 0 Å². The van der Waals surface area contributed by atoms with Crippen LogP contribution >= 0.6 is 15.9 Å². The molecule has 0 spiro atoms. The summed E-state index contributed by atoms with van der Waals surface area (Å²) >= 11 is 3.28. The molecule has 0 aliphatic carbocycles. The van der Waals surface area contributed by atoms with E-state index in [2.05, 4.69) is 26.1 Å². The lowest BCUT2D eigenvalue weighted by molar-refractivity contribution is 0.318. The van der Waals surface area contributed by atoms with E-state index >= 15 is 0 Å². The molecule has 17 heavy (non-hydrogen) atoms. The van der Waals surface area contributed by atoms with Crippen molar-refractivity contribution in [2.75, 3.05) is 6.61 Å². The zero-order chi connectivity index (χ0) is 12.8. The number of nitrogens with two attached hydrogens (primary N) is 2. The normalized spacial score (nSPS) is 10.5. The molecule has 0 aliphatic rings. The molecule has 0 atom stereocenters. The SMILES string of the molecule is CCOc1cc(C=NN=C(N)N)c(Br)cc1O. The van der Waals surface area contributed by atoms with Gasteiger partial charge in [0.05, 0.1) is 12.8 Å². The third kappa shape index (κ3) is 3.95. The average Bonchev–Trinajstić information content (AvgIpc) is 2.24. The lowest BCUT2D eigenvalue weighted by Gasteiger charge is -2.07. The number of rotatable bonds is 4. The third-order valence-corrected chi connectivity index (χ3v) is 2.43. The molecular formula is C10H13BrN4O2. The van der Waals surface area contributed by atoms with Crippen LogP contribution in [-0.2, 0) is 0 Å². The molecule has 0 fully saturated rings. The molecule has 1 rings (SSSR count). The Morgan fingerprint density at radius 3 is 2.82 bits per heavy atom. The van der Waals surface area contributed by atoms with E-state index in [0.717, 1.165) is 0 Å². The molecule has 0 unspecified atom stereocenters. The first-order valence-corrected chi connectivity index (χ1v) is 5.61. The average molecular weight is 301 g/mol. The van der Waals surface area contributed by atoms with Gasteiger partial charge in [0.25, 0.3) is 0 Å². The van der Waals surface area contributed by atoms with Crippen LogP contribution in [0.3, 0.4) is 0 Å². The van der Waals surface area contributed by atoms with Gasteiger partial charge in [-0.25, -0.2) is 0 Å². The van der Waals surface area contributed by atoms with Crippen LogP contribution in [0.2, 0.25) is 0 Å². The summed E-state index contributed by atoms with van der Waals surface area (Å²) in [5.41, 5.74) is 11.0. The molecule has 0 saturated carbocycles. The van der Waals surface area contributed by atoms with E-state index in [9.17, 15) is 5.11 Å². The number of phenolic OH excluding ortho intramolecular Hbond substituents is 1. The van der Waals surface area contributed by atoms with E-state index in [0.29, 0.717) is 22.4 Å². The highest BCUT2D eigenvalue weighted by atomic mass is 79.9. The first kappa shape index (κ1) is 13.3. The molecule has 0 bridgehead atoms. The Kier molecular flexibility index (Phi) is 4.77. The third-order valence-electron chi connectivity index (χ3n) is 1.75. The molecule has 0 aliphatic heterocycles. The standard InChI is InChI=1S/C10H13BrN4O2/c1-2-17-9-3-6(5-14-15-10(12)13)7(11)4-8(9)16/h3-5,16H,2H2,1H3,(H4,12,13,15). The van der Waals surface area contributed by atoms with Gasteiger partial charge in [0, 0.05) is 10.0 Å². The highest BCUT2D eigenvalue weighted by molar-refractivity contribution is 9.10. The Morgan fingerprint density at radius 1 is 1.53 bits per heavy atom.